The van der Waals surface area contributed by atoms with Crippen molar-refractivity contribution in [3.8, 4) is 11.6 Å². The van der Waals surface area contributed by atoms with Gasteiger partial charge < -0.3 is 14.6 Å². The summed E-state index contributed by atoms with van der Waals surface area (Å²) >= 11 is 12.4. The molecule has 0 saturated heterocycles. The van der Waals surface area contributed by atoms with E-state index in [0.29, 0.717) is 28.6 Å². The number of aliphatic hydroxyl groups is 1. The molecule has 5 rings (SSSR count). The molecule has 1 unspecified atom stereocenters. The predicted molar refractivity (Wildman–Crippen MR) is 112 cm³/mol. The Bertz CT molecular complexity index is 1070. The molecule has 0 radical (unpaired) electrons. The summed E-state index contributed by atoms with van der Waals surface area (Å²) in [6, 6.07) is 19.3. The lowest BCUT2D eigenvalue weighted by atomic mass is 9.72. The van der Waals surface area contributed by atoms with Crippen molar-refractivity contribution in [2.24, 2.45) is 0 Å². The number of halogens is 2. The van der Waals surface area contributed by atoms with Gasteiger partial charge in [0, 0.05) is 17.0 Å². The number of fused-ring (bicyclic) bond motifs is 3. The number of hydrogen-bond acceptors (Lipinski definition) is 4. The second kappa shape index (κ2) is 6.63. The monoisotopic (exact) mass is 427 g/mol. The van der Waals surface area contributed by atoms with E-state index in [-0.39, 0.29) is 11.1 Å². The van der Waals surface area contributed by atoms with Crippen molar-refractivity contribution < 1.29 is 14.6 Å². The van der Waals surface area contributed by atoms with Crippen LogP contribution in [0.3, 0.4) is 0 Å². The molecule has 3 aromatic rings. The van der Waals surface area contributed by atoms with Crippen molar-refractivity contribution in [1.29, 1.82) is 0 Å². The maximum absolute atomic E-state index is 12.2. The van der Waals surface area contributed by atoms with Gasteiger partial charge in [0.05, 0.1) is 12.7 Å². The lowest BCUT2D eigenvalue weighted by Crippen LogP contribution is -2.48. The van der Waals surface area contributed by atoms with E-state index in [4.69, 9.17) is 32.7 Å². The molecule has 0 bridgehead atoms. The average molecular weight is 428 g/mol. The standard InChI is InChI=1S/C23H19Cl2NO3/c1-28-21-20-18(13-19(25)26-21)29-23(15-7-9-16(24)10-8-15)17(11-12-22(20,23)27)14-5-3-2-4-6-14/h2-10,13,17,27H,11-12H2,1H3/t17-,22+,23?/m0/s1. The van der Waals surface area contributed by atoms with E-state index in [2.05, 4.69) is 17.1 Å². The summed E-state index contributed by atoms with van der Waals surface area (Å²) in [6.45, 7) is 0. The molecule has 148 valence electrons. The molecule has 3 atom stereocenters. The summed E-state index contributed by atoms with van der Waals surface area (Å²) in [4.78, 5) is 4.29. The lowest BCUT2D eigenvalue weighted by Gasteiger charge is -2.40. The van der Waals surface area contributed by atoms with E-state index in [1.165, 1.54) is 7.11 Å². The SMILES string of the molecule is COc1nc(Cl)cc2c1[C@]1(O)CC[C@@H](c3ccccc3)C1(c1ccc(Cl)cc1)O2. The zero-order valence-electron chi connectivity index (χ0n) is 15.7. The molecule has 0 spiro atoms. The number of methoxy groups -OCH3 is 1. The van der Waals surface area contributed by atoms with Crippen LogP contribution >= 0.6 is 23.2 Å². The Labute approximate surface area is 179 Å². The molecular formula is C23H19Cl2NO3. The number of aromatic nitrogens is 1. The van der Waals surface area contributed by atoms with Crippen LogP contribution in [0.1, 0.15) is 35.4 Å². The molecule has 1 aromatic heterocycles. The van der Waals surface area contributed by atoms with Crippen molar-refractivity contribution in [2.45, 2.75) is 30.0 Å². The molecule has 29 heavy (non-hydrogen) atoms. The highest BCUT2D eigenvalue weighted by Gasteiger charge is 2.69. The van der Waals surface area contributed by atoms with Gasteiger partial charge in [-0.15, -0.1) is 0 Å². The molecule has 1 N–H and O–H groups in total. The Morgan fingerprint density at radius 2 is 1.83 bits per heavy atom. The normalized spacial score (nSPS) is 27.2. The smallest absolute Gasteiger partial charge is 0.224 e. The van der Waals surface area contributed by atoms with Gasteiger partial charge in [0.15, 0.2) is 5.60 Å². The quantitative estimate of drug-likeness (QED) is 0.564. The topological polar surface area (TPSA) is 51.6 Å². The van der Waals surface area contributed by atoms with Crippen molar-refractivity contribution >= 4 is 23.2 Å². The number of benzene rings is 2. The van der Waals surface area contributed by atoms with Gasteiger partial charge in [-0.05, 0) is 36.1 Å². The van der Waals surface area contributed by atoms with Crippen LogP contribution < -0.4 is 9.47 Å². The maximum atomic E-state index is 12.2. The van der Waals surface area contributed by atoms with E-state index in [0.717, 1.165) is 17.5 Å². The van der Waals surface area contributed by atoms with E-state index in [1.807, 2.05) is 42.5 Å². The van der Waals surface area contributed by atoms with E-state index in [1.54, 1.807) is 6.07 Å². The average Bonchev–Trinajstić information content (AvgIpc) is 3.15. The fourth-order valence-corrected chi connectivity index (χ4v) is 5.33. The third kappa shape index (κ3) is 2.53. The molecule has 4 nitrogen and oxygen atoms in total. The molecule has 1 saturated carbocycles. The molecule has 2 aliphatic rings. The number of pyridine rings is 1. The predicted octanol–water partition coefficient (Wildman–Crippen LogP) is 5.45. The third-order valence-corrected chi connectivity index (χ3v) is 6.62. The Hall–Kier alpha value is -2.27. The van der Waals surface area contributed by atoms with Crippen LogP contribution in [0.2, 0.25) is 10.2 Å². The Morgan fingerprint density at radius 3 is 2.52 bits per heavy atom. The molecule has 0 amide bonds. The van der Waals surface area contributed by atoms with Gasteiger partial charge in [0.1, 0.15) is 16.5 Å². The third-order valence-electron chi connectivity index (χ3n) is 6.17. The number of nitrogens with zero attached hydrogens (tertiary/aromatic N) is 1. The first-order valence-corrected chi connectivity index (χ1v) is 10.2. The lowest BCUT2D eigenvalue weighted by molar-refractivity contribution is -0.106. The van der Waals surface area contributed by atoms with Crippen LogP contribution in [-0.2, 0) is 11.2 Å². The van der Waals surface area contributed by atoms with Gasteiger partial charge in [-0.2, -0.15) is 0 Å². The van der Waals surface area contributed by atoms with Crippen molar-refractivity contribution in [3.05, 3.63) is 87.5 Å². The van der Waals surface area contributed by atoms with Crippen LogP contribution in [0.5, 0.6) is 11.6 Å². The van der Waals surface area contributed by atoms with Crippen molar-refractivity contribution in [3.63, 3.8) is 0 Å². The Balaban J connectivity index is 1.79. The fourth-order valence-electron chi connectivity index (χ4n) is 5.03. The summed E-state index contributed by atoms with van der Waals surface area (Å²) in [7, 11) is 1.52. The molecule has 1 aliphatic heterocycles. The van der Waals surface area contributed by atoms with Crippen LogP contribution in [0.25, 0.3) is 0 Å². The van der Waals surface area contributed by atoms with Crippen LogP contribution in [0.4, 0.5) is 0 Å². The van der Waals surface area contributed by atoms with Crippen molar-refractivity contribution in [2.75, 3.05) is 7.11 Å². The van der Waals surface area contributed by atoms with Crippen LogP contribution in [0.15, 0.2) is 60.7 Å². The van der Waals surface area contributed by atoms with Gasteiger partial charge in [-0.3, -0.25) is 0 Å². The summed E-state index contributed by atoms with van der Waals surface area (Å²) < 4.78 is 12.1. The molecular weight excluding hydrogens is 409 g/mol. The van der Waals surface area contributed by atoms with Crippen LogP contribution in [0, 0.1) is 0 Å². The summed E-state index contributed by atoms with van der Waals surface area (Å²) in [5, 5.41) is 13.1. The fraction of sp³-hybridized carbons (Fsp3) is 0.261. The Kier molecular flexibility index (Phi) is 4.28. The minimum Gasteiger partial charge on any atom is -0.481 e. The van der Waals surface area contributed by atoms with E-state index >= 15 is 0 Å². The van der Waals surface area contributed by atoms with Gasteiger partial charge in [0.25, 0.3) is 0 Å². The zero-order chi connectivity index (χ0) is 20.2. The largest absolute Gasteiger partial charge is 0.481 e. The number of ether oxygens (including phenoxy) is 2. The highest BCUT2D eigenvalue weighted by atomic mass is 35.5. The first kappa shape index (κ1) is 18.7. The molecule has 1 fully saturated rings. The van der Waals surface area contributed by atoms with Gasteiger partial charge in [-0.25, -0.2) is 4.98 Å². The first-order valence-electron chi connectivity index (χ1n) is 9.47. The first-order chi connectivity index (χ1) is 14.0. The van der Waals surface area contributed by atoms with E-state index < -0.39 is 11.2 Å². The van der Waals surface area contributed by atoms with Gasteiger partial charge in [0.2, 0.25) is 5.88 Å². The maximum Gasteiger partial charge on any atom is 0.224 e. The van der Waals surface area contributed by atoms with E-state index in [9.17, 15) is 5.11 Å². The minimum atomic E-state index is -1.32. The van der Waals surface area contributed by atoms with Crippen molar-refractivity contribution in [1.82, 2.24) is 4.98 Å². The second-order valence-electron chi connectivity index (χ2n) is 7.53. The molecule has 6 heteroatoms. The minimum absolute atomic E-state index is 0.0780. The number of hydrogen-bond donors (Lipinski definition) is 1. The van der Waals surface area contributed by atoms with Gasteiger partial charge in [-0.1, -0.05) is 65.7 Å². The summed E-state index contributed by atoms with van der Waals surface area (Å²) in [5.74, 6) is 0.713. The molecule has 2 heterocycles. The van der Waals surface area contributed by atoms with Crippen LogP contribution in [-0.4, -0.2) is 17.2 Å². The summed E-state index contributed by atoms with van der Waals surface area (Å²) in [5.41, 5.74) is 0.146. The second-order valence-corrected chi connectivity index (χ2v) is 8.36. The Morgan fingerprint density at radius 1 is 1.10 bits per heavy atom. The molecule has 1 aliphatic carbocycles. The molecule has 2 aromatic carbocycles. The number of rotatable bonds is 3. The van der Waals surface area contributed by atoms with Gasteiger partial charge >= 0.3 is 0 Å². The highest BCUT2D eigenvalue weighted by molar-refractivity contribution is 6.30. The summed E-state index contributed by atoms with van der Waals surface area (Å²) in [6.07, 6.45) is 1.25. The highest BCUT2D eigenvalue weighted by Crippen LogP contribution is 2.68. The zero-order valence-corrected chi connectivity index (χ0v) is 17.2.